The Labute approximate surface area is 107 Å². The Balaban J connectivity index is 1.68. The molecule has 0 spiro atoms. The van der Waals surface area contributed by atoms with Crippen LogP contribution in [0.5, 0.6) is 0 Å². The van der Waals surface area contributed by atoms with E-state index >= 15 is 0 Å². The average molecular weight is 258 g/mol. The minimum absolute atomic E-state index is 0.172. The molecule has 0 radical (unpaired) electrons. The quantitative estimate of drug-likeness (QED) is 0.810. The number of piperidine rings is 1. The summed E-state index contributed by atoms with van der Waals surface area (Å²) in [5, 5.41) is 3.30. The molecule has 0 aromatic heterocycles. The minimum Gasteiger partial charge on any atom is -0.368 e. The molecule has 17 heavy (non-hydrogen) atoms. The lowest BCUT2D eigenvalue weighted by Crippen LogP contribution is -2.38. The first-order valence-electron chi connectivity index (χ1n) is 6.54. The van der Waals surface area contributed by atoms with Gasteiger partial charge in [-0.05, 0) is 38.1 Å². The van der Waals surface area contributed by atoms with Crippen LogP contribution in [-0.2, 0) is 9.53 Å². The molecular weight excluding hydrogens is 236 g/mol. The Hall–Kier alpha value is -0.260. The summed E-state index contributed by atoms with van der Waals surface area (Å²) in [6.07, 6.45) is 3.46. The maximum Gasteiger partial charge on any atom is 0.248 e. The molecule has 0 atom stereocenters. The van der Waals surface area contributed by atoms with Gasteiger partial charge in [0.15, 0.2) is 0 Å². The number of carbonyl (C=O) groups is 1. The summed E-state index contributed by atoms with van der Waals surface area (Å²) in [7, 11) is 0. The molecule has 1 amide bonds. The highest BCUT2D eigenvalue weighted by molar-refractivity contribution is 7.99. The number of carbonyl (C=O) groups excluding carboxylic acids is 1. The van der Waals surface area contributed by atoms with E-state index < -0.39 is 0 Å². The highest BCUT2D eigenvalue weighted by atomic mass is 32.2. The Morgan fingerprint density at radius 3 is 2.94 bits per heavy atom. The Bertz CT molecular complexity index is 237. The third kappa shape index (κ3) is 4.48. The molecule has 2 aliphatic rings. The average Bonchev–Trinajstić information content (AvgIpc) is 2.66. The second-order valence-corrected chi connectivity index (χ2v) is 5.83. The predicted octanol–water partition coefficient (Wildman–Crippen LogP) is 0.721. The molecule has 1 N–H and O–H groups in total. The number of hydrogen-bond donors (Lipinski definition) is 1. The number of nitrogens with zero attached hydrogens (tertiary/aromatic N) is 1. The lowest BCUT2D eigenvalue weighted by Gasteiger charge is -2.25. The van der Waals surface area contributed by atoms with Gasteiger partial charge in [-0.1, -0.05) is 0 Å². The van der Waals surface area contributed by atoms with Crippen molar-refractivity contribution < 1.29 is 9.53 Å². The van der Waals surface area contributed by atoms with Crippen molar-refractivity contribution in [2.45, 2.75) is 25.4 Å². The van der Waals surface area contributed by atoms with Gasteiger partial charge in [0, 0.05) is 18.8 Å². The van der Waals surface area contributed by atoms with Gasteiger partial charge in [-0.3, -0.25) is 4.79 Å². The smallest absolute Gasteiger partial charge is 0.248 e. The standard InChI is InChI=1S/C12H22N2O2S/c15-12(14-6-1-8-17-9-7-14)10-16-11-2-4-13-5-3-11/h11,13H,1-10H2. The molecule has 0 bridgehead atoms. The summed E-state index contributed by atoms with van der Waals surface area (Å²) >= 11 is 1.94. The van der Waals surface area contributed by atoms with Crippen molar-refractivity contribution in [2.75, 3.05) is 44.3 Å². The molecule has 0 saturated carbocycles. The normalized spacial score (nSPS) is 23.4. The first kappa shape index (κ1) is 13.2. The maximum absolute atomic E-state index is 12.0. The van der Waals surface area contributed by atoms with Crippen LogP contribution in [-0.4, -0.2) is 61.2 Å². The van der Waals surface area contributed by atoms with Crippen molar-refractivity contribution in [1.82, 2.24) is 10.2 Å². The Morgan fingerprint density at radius 1 is 1.29 bits per heavy atom. The first-order chi connectivity index (χ1) is 8.36. The third-order valence-corrected chi connectivity index (χ3v) is 4.35. The third-order valence-electron chi connectivity index (χ3n) is 3.30. The predicted molar refractivity (Wildman–Crippen MR) is 70.4 cm³/mol. The molecule has 0 aromatic rings. The molecule has 2 heterocycles. The molecule has 98 valence electrons. The van der Waals surface area contributed by atoms with Crippen LogP contribution in [0.4, 0.5) is 0 Å². The zero-order valence-electron chi connectivity index (χ0n) is 10.3. The van der Waals surface area contributed by atoms with Crippen molar-refractivity contribution in [3.8, 4) is 0 Å². The van der Waals surface area contributed by atoms with Gasteiger partial charge in [-0.2, -0.15) is 11.8 Å². The largest absolute Gasteiger partial charge is 0.368 e. The topological polar surface area (TPSA) is 41.6 Å². The van der Waals surface area contributed by atoms with Gasteiger partial charge in [0.1, 0.15) is 6.61 Å². The van der Waals surface area contributed by atoms with E-state index in [0.717, 1.165) is 51.2 Å². The van der Waals surface area contributed by atoms with Gasteiger partial charge in [0.25, 0.3) is 0 Å². The fourth-order valence-electron chi connectivity index (χ4n) is 2.24. The van der Waals surface area contributed by atoms with Crippen LogP contribution in [0.15, 0.2) is 0 Å². The van der Waals surface area contributed by atoms with Crippen molar-refractivity contribution in [3.63, 3.8) is 0 Å². The number of nitrogens with one attached hydrogen (secondary N) is 1. The summed E-state index contributed by atoms with van der Waals surface area (Å²) < 4.78 is 5.70. The number of ether oxygens (including phenoxy) is 1. The molecule has 2 aliphatic heterocycles. The summed E-state index contributed by atoms with van der Waals surface area (Å²) in [5.41, 5.74) is 0. The van der Waals surface area contributed by atoms with Gasteiger partial charge in [0.05, 0.1) is 6.10 Å². The summed E-state index contributed by atoms with van der Waals surface area (Å²) in [5.74, 6) is 2.42. The number of amides is 1. The highest BCUT2D eigenvalue weighted by Gasteiger charge is 2.19. The number of thioether (sulfide) groups is 1. The Kier molecular flexibility index (Phi) is 5.61. The fourth-order valence-corrected chi connectivity index (χ4v) is 3.12. The summed E-state index contributed by atoms with van der Waals surface area (Å²) in [4.78, 5) is 13.9. The highest BCUT2D eigenvalue weighted by Crippen LogP contribution is 2.11. The van der Waals surface area contributed by atoms with E-state index in [0.29, 0.717) is 0 Å². The molecule has 2 rings (SSSR count). The molecule has 0 aromatic carbocycles. The lowest BCUT2D eigenvalue weighted by molar-refractivity contribution is -0.138. The second kappa shape index (κ2) is 7.24. The van der Waals surface area contributed by atoms with Crippen molar-refractivity contribution in [1.29, 1.82) is 0 Å². The summed E-state index contributed by atoms with van der Waals surface area (Å²) in [6.45, 7) is 4.09. The van der Waals surface area contributed by atoms with Crippen LogP contribution in [0.1, 0.15) is 19.3 Å². The van der Waals surface area contributed by atoms with E-state index in [9.17, 15) is 4.79 Å². The van der Waals surface area contributed by atoms with Gasteiger partial charge in [0.2, 0.25) is 5.91 Å². The van der Waals surface area contributed by atoms with Gasteiger partial charge < -0.3 is 15.0 Å². The molecular formula is C12H22N2O2S. The molecule has 2 saturated heterocycles. The van der Waals surface area contributed by atoms with Crippen LogP contribution < -0.4 is 5.32 Å². The molecule has 4 nitrogen and oxygen atoms in total. The maximum atomic E-state index is 12.0. The zero-order valence-corrected chi connectivity index (χ0v) is 11.1. The first-order valence-corrected chi connectivity index (χ1v) is 7.69. The van der Waals surface area contributed by atoms with Crippen molar-refractivity contribution in [3.05, 3.63) is 0 Å². The van der Waals surface area contributed by atoms with E-state index in [4.69, 9.17) is 4.74 Å². The van der Waals surface area contributed by atoms with E-state index in [-0.39, 0.29) is 18.6 Å². The van der Waals surface area contributed by atoms with Crippen molar-refractivity contribution in [2.24, 2.45) is 0 Å². The zero-order chi connectivity index (χ0) is 11.9. The van der Waals surface area contributed by atoms with Gasteiger partial charge in [-0.15, -0.1) is 0 Å². The van der Waals surface area contributed by atoms with Crippen LogP contribution in [0.25, 0.3) is 0 Å². The minimum atomic E-state index is 0.172. The fraction of sp³-hybridized carbons (Fsp3) is 0.917. The van der Waals surface area contributed by atoms with Gasteiger partial charge >= 0.3 is 0 Å². The van der Waals surface area contributed by atoms with E-state index in [1.165, 1.54) is 5.75 Å². The monoisotopic (exact) mass is 258 g/mol. The van der Waals surface area contributed by atoms with Crippen LogP contribution >= 0.6 is 11.8 Å². The lowest BCUT2D eigenvalue weighted by atomic mass is 10.1. The molecule has 2 fully saturated rings. The summed E-state index contributed by atoms with van der Waals surface area (Å²) in [6, 6.07) is 0. The van der Waals surface area contributed by atoms with Crippen LogP contribution in [0.2, 0.25) is 0 Å². The van der Waals surface area contributed by atoms with E-state index in [1.807, 2.05) is 16.7 Å². The SMILES string of the molecule is O=C(COC1CCNCC1)N1CCCSCC1. The van der Waals surface area contributed by atoms with Gasteiger partial charge in [-0.25, -0.2) is 0 Å². The Morgan fingerprint density at radius 2 is 2.12 bits per heavy atom. The van der Waals surface area contributed by atoms with E-state index in [2.05, 4.69) is 5.32 Å². The van der Waals surface area contributed by atoms with Crippen molar-refractivity contribution >= 4 is 17.7 Å². The second-order valence-electron chi connectivity index (χ2n) is 4.61. The molecule has 0 aliphatic carbocycles. The number of rotatable bonds is 3. The molecule has 0 unspecified atom stereocenters. The van der Waals surface area contributed by atoms with E-state index in [1.54, 1.807) is 0 Å². The number of hydrogen-bond acceptors (Lipinski definition) is 4. The molecule has 5 heteroatoms. The van der Waals surface area contributed by atoms with Crippen LogP contribution in [0.3, 0.4) is 0 Å². The van der Waals surface area contributed by atoms with Crippen LogP contribution in [0, 0.1) is 0 Å².